The van der Waals surface area contributed by atoms with E-state index in [2.05, 4.69) is 9.72 Å². The van der Waals surface area contributed by atoms with E-state index >= 15 is 0 Å². The van der Waals surface area contributed by atoms with Crippen molar-refractivity contribution in [1.29, 1.82) is 0 Å². The number of aromatic nitrogens is 2. The van der Waals surface area contributed by atoms with Gasteiger partial charge in [-0.3, -0.25) is 0 Å². The number of quaternary nitrogens is 1. The van der Waals surface area contributed by atoms with Crippen molar-refractivity contribution in [2.75, 3.05) is 13.1 Å². The number of nitrogens with zero attached hydrogens (tertiary/aromatic N) is 3. The summed E-state index contributed by atoms with van der Waals surface area (Å²) in [6.07, 6.45) is 0.292. The molecule has 0 aliphatic carbocycles. The molecule has 9 heteroatoms. The maximum atomic E-state index is 12.8. The molecule has 0 radical (unpaired) electrons. The predicted octanol–water partition coefficient (Wildman–Crippen LogP) is 3.99. The third-order valence-corrected chi connectivity index (χ3v) is 3.51. The minimum absolute atomic E-state index is 0.262. The van der Waals surface area contributed by atoms with Crippen LogP contribution in [-0.2, 0) is 0 Å². The Morgan fingerprint density at radius 3 is 2.32 bits per heavy atom. The SMILES string of the molecule is CCC[N+](CC)(Oc1ccc(OC(F)(F)F)cc1)C(=O)n1ccnc1. The molecular weight excluding hydrogens is 339 g/mol. The van der Waals surface area contributed by atoms with Crippen LogP contribution in [0, 0.1) is 0 Å². The summed E-state index contributed by atoms with van der Waals surface area (Å²) in [6, 6.07) is 4.61. The second kappa shape index (κ2) is 7.56. The summed E-state index contributed by atoms with van der Waals surface area (Å²) in [6.45, 7) is 4.44. The number of benzene rings is 1. The van der Waals surface area contributed by atoms with E-state index in [1.807, 2.05) is 6.92 Å². The molecule has 1 amide bonds. The lowest BCUT2D eigenvalue weighted by Crippen LogP contribution is -2.57. The van der Waals surface area contributed by atoms with Gasteiger partial charge in [0.05, 0.1) is 0 Å². The Hall–Kier alpha value is -2.55. The average Bonchev–Trinajstić information content (AvgIpc) is 3.08. The third kappa shape index (κ3) is 4.72. The first-order chi connectivity index (χ1) is 11.8. The second-order valence-electron chi connectivity index (χ2n) is 5.29. The second-order valence-corrected chi connectivity index (χ2v) is 5.29. The lowest BCUT2D eigenvalue weighted by molar-refractivity contribution is -1.01. The first-order valence-electron chi connectivity index (χ1n) is 7.75. The van der Waals surface area contributed by atoms with Crippen molar-refractivity contribution in [3.05, 3.63) is 43.0 Å². The molecule has 2 rings (SSSR count). The summed E-state index contributed by atoms with van der Waals surface area (Å²) in [4.78, 5) is 22.5. The molecule has 0 saturated heterocycles. The van der Waals surface area contributed by atoms with Crippen molar-refractivity contribution < 1.29 is 32.2 Å². The van der Waals surface area contributed by atoms with Crippen LogP contribution in [0.2, 0.25) is 0 Å². The van der Waals surface area contributed by atoms with Crippen LogP contribution in [0.25, 0.3) is 0 Å². The molecule has 1 aromatic carbocycles. The number of halogens is 3. The molecule has 2 aromatic rings. The van der Waals surface area contributed by atoms with E-state index in [0.29, 0.717) is 19.5 Å². The Morgan fingerprint density at radius 1 is 1.20 bits per heavy atom. The number of alkyl halides is 3. The zero-order valence-corrected chi connectivity index (χ0v) is 13.9. The molecule has 25 heavy (non-hydrogen) atoms. The molecule has 0 aliphatic heterocycles. The molecule has 0 spiro atoms. The molecule has 0 bridgehead atoms. The Labute approximate surface area is 142 Å². The summed E-state index contributed by atoms with van der Waals surface area (Å²) in [7, 11) is 0. The van der Waals surface area contributed by atoms with Crippen LogP contribution in [0.1, 0.15) is 20.3 Å². The fourth-order valence-electron chi connectivity index (χ4n) is 2.39. The van der Waals surface area contributed by atoms with Crippen LogP contribution in [0.4, 0.5) is 18.0 Å². The highest BCUT2D eigenvalue weighted by atomic mass is 19.4. The van der Waals surface area contributed by atoms with Crippen molar-refractivity contribution >= 4 is 6.03 Å². The number of ether oxygens (including phenoxy) is 1. The summed E-state index contributed by atoms with van der Waals surface area (Å²) in [5.41, 5.74) is 0. The number of hydroxylamine groups is 3. The minimum atomic E-state index is -4.76. The van der Waals surface area contributed by atoms with Crippen LogP contribution in [-0.4, -0.2) is 39.7 Å². The van der Waals surface area contributed by atoms with Gasteiger partial charge < -0.3 is 9.57 Å². The van der Waals surface area contributed by atoms with Gasteiger partial charge in [0.1, 0.15) is 25.2 Å². The van der Waals surface area contributed by atoms with Gasteiger partial charge in [0.15, 0.2) is 5.75 Å². The first kappa shape index (κ1) is 18.8. The monoisotopic (exact) mass is 358 g/mol. The number of rotatable bonds is 6. The summed E-state index contributed by atoms with van der Waals surface area (Å²) in [5, 5.41) is 0. The quantitative estimate of drug-likeness (QED) is 0.579. The molecule has 1 unspecified atom stereocenters. The Morgan fingerprint density at radius 2 is 1.84 bits per heavy atom. The lowest BCUT2D eigenvalue weighted by Gasteiger charge is -2.31. The Bertz CT molecular complexity index is 687. The van der Waals surface area contributed by atoms with Crippen LogP contribution in [0.5, 0.6) is 11.5 Å². The topological polar surface area (TPSA) is 53.4 Å². The number of imidazole rings is 1. The maximum Gasteiger partial charge on any atom is 0.573 e. The molecule has 0 fully saturated rings. The van der Waals surface area contributed by atoms with Gasteiger partial charge in [-0.15, -0.1) is 13.2 Å². The zero-order chi connectivity index (χ0) is 18.5. The van der Waals surface area contributed by atoms with Gasteiger partial charge in [0.2, 0.25) is 0 Å². The molecular formula is C16H19F3N3O3+. The summed E-state index contributed by atoms with van der Waals surface area (Å²) in [5.74, 6) is -0.0934. The van der Waals surface area contributed by atoms with Crippen LogP contribution < -0.4 is 9.57 Å². The summed E-state index contributed by atoms with van der Waals surface area (Å²) >= 11 is 0. The molecule has 0 N–H and O–H groups in total. The van der Waals surface area contributed by atoms with Gasteiger partial charge in [-0.05, 0) is 37.6 Å². The van der Waals surface area contributed by atoms with Gasteiger partial charge in [0, 0.05) is 12.4 Å². The van der Waals surface area contributed by atoms with E-state index < -0.39 is 6.36 Å². The smallest absolute Gasteiger partial charge is 0.406 e. The zero-order valence-electron chi connectivity index (χ0n) is 13.9. The average molecular weight is 358 g/mol. The van der Waals surface area contributed by atoms with E-state index in [1.165, 1.54) is 35.4 Å². The number of carbonyl (C=O) groups excluding carboxylic acids is 1. The maximum absolute atomic E-state index is 12.8. The van der Waals surface area contributed by atoms with E-state index in [-0.39, 0.29) is 22.2 Å². The summed E-state index contributed by atoms with van der Waals surface area (Å²) < 4.78 is 41.5. The van der Waals surface area contributed by atoms with Crippen molar-refractivity contribution in [1.82, 2.24) is 9.55 Å². The lowest BCUT2D eigenvalue weighted by atomic mass is 10.3. The molecule has 1 atom stereocenters. The number of carbonyl (C=O) groups is 1. The van der Waals surface area contributed by atoms with Crippen LogP contribution >= 0.6 is 0 Å². The predicted molar refractivity (Wildman–Crippen MR) is 82.7 cm³/mol. The molecule has 1 heterocycles. The van der Waals surface area contributed by atoms with Gasteiger partial charge in [-0.1, -0.05) is 11.6 Å². The van der Waals surface area contributed by atoms with E-state index in [1.54, 1.807) is 6.92 Å². The number of amides is 1. The fraction of sp³-hybridized carbons (Fsp3) is 0.375. The molecule has 0 saturated carbocycles. The third-order valence-electron chi connectivity index (χ3n) is 3.51. The number of hydrogen-bond acceptors (Lipinski definition) is 4. The van der Waals surface area contributed by atoms with Gasteiger partial charge in [0.25, 0.3) is 0 Å². The van der Waals surface area contributed by atoms with Gasteiger partial charge in [-0.2, -0.15) is 0 Å². The molecule has 136 valence electrons. The minimum Gasteiger partial charge on any atom is -0.406 e. The first-order valence-corrected chi connectivity index (χ1v) is 7.75. The largest absolute Gasteiger partial charge is 0.573 e. The molecule has 6 nitrogen and oxygen atoms in total. The van der Waals surface area contributed by atoms with Gasteiger partial charge in [-0.25, -0.2) is 14.3 Å². The highest BCUT2D eigenvalue weighted by Crippen LogP contribution is 2.26. The van der Waals surface area contributed by atoms with Crippen molar-refractivity contribution in [3.8, 4) is 11.5 Å². The van der Waals surface area contributed by atoms with E-state index in [9.17, 15) is 18.0 Å². The van der Waals surface area contributed by atoms with Crippen molar-refractivity contribution in [2.45, 2.75) is 26.6 Å². The molecule has 1 aromatic heterocycles. The van der Waals surface area contributed by atoms with Crippen LogP contribution in [0.15, 0.2) is 43.0 Å². The fourth-order valence-corrected chi connectivity index (χ4v) is 2.39. The highest BCUT2D eigenvalue weighted by molar-refractivity contribution is 5.69. The van der Waals surface area contributed by atoms with Crippen LogP contribution in [0.3, 0.4) is 0 Å². The normalized spacial score (nSPS) is 14.0. The highest BCUT2D eigenvalue weighted by Gasteiger charge is 2.40. The Balaban J connectivity index is 2.23. The van der Waals surface area contributed by atoms with Crippen molar-refractivity contribution in [2.24, 2.45) is 0 Å². The Kier molecular flexibility index (Phi) is 5.68. The van der Waals surface area contributed by atoms with E-state index in [4.69, 9.17) is 4.84 Å². The standard InChI is InChI=1S/C16H19F3N3O3/c1-3-11-22(4-2,15(23)21-10-9-20-12-21)25-14-7-5-13(6-8-14)24-16(17,18)19/h5-10,12H,3-4,11H2,1-2H3/q+1. The molecule has 0 aliphatic rings. The van der Waals surface area contributed by atoms with Crippen molar-refractivity contribution in [3.63, 3.8) is 0 Å². The van der Waals surface area contributed by atoms with Gasteiger partial charge >= 0.3 is 12.4 Å². The number of hydrogen-bond donors (Lipinski definition) is 0. The van der Waals surface area contributed by atoms with E-state index in [0.717, 1.165) is 12.1 Å².